The van der Waals surface area contributed by atoms with Crippen LogP contribution in [0.3, 0.4) is 0 Å². The summed E-state index contributed by atoms with van der Waals surface area (Å²) in [4.78, 5) is 13.7. The molecule has 0 saturated carbocycles. The van der Waals surface area contributed by atoms with E-state index in [0.717, 1.165) is 62.6 Å². The fourth-order valence-electron chi connectivity index (χ4n) is 4.34. The minimum Gasteiger partial charge on any atom is -0.392 e. The number of anilines is 2. The first-order valence-electron chi connectivity index (χ1n) is 9.82. The summed E-state index contributed by atoms with van der Waals surface area (Å²) in [6.07, 6.45) is 4.54. The molecule has 1 aromatic carbocycles. The van der Waals surface area contributed by atoms with Crippen LogP contribution < -0.4 is 15.1 Å². The van der Waals surface area contributed by atoms with Gasteiger partial charge >= 0.3 is 0 Å². The second kappa shape index (κ2) is 7.44. The topological polar surface area (TPSA) is 64.5 Å². The van der Waals surface area contributed by atoms with E-state index in [1.165, 1.54) is 5.69 Å². The van der Waals surface area contributed by atoms with Crippen LogP contribution in [0.1, 0.15) is 19.3 Å². The number of hydrogen-bond acceptors (Lipinski definition) is 6. The molecule has 2 aliphatic heterocycles. The fourth-order valence-corrected chi connectivity index (χ4v) is 4.34. The number of rotatable bonds is 3. The molecule has 2 fully saturated rings. The molecular weight excluding hydrogens is 338 g/mol. The van der Waals surface area contributed by atoms with Crippen molar-refractivity contribution in [3.63, 3.8) is 0 Å². The summed E-state index contributed by atoms with van der Waals surface area (Å²) in [5, 5.41) is 14.1. The van der Waals surface area contributed by atoms with Gasteiger partial charge in [-0.1, -0.05) is 12.1 Å². The Hall–Kier alpha value is -2.18. The number of aliphatic hydroxyl groups is 1. The van der Waals surface area contributed by atoms with Gasteiger partial charge in [-0.25, -0.2) is 9.97 Å². The lowest BCUT2D eigenvalue weighted by Gasteiger charge is -2.48. The van der Waals surface area contributed by atoms with Gasteiger partial charge in [-0.2, -0.15) is 0 Å². The highest BCUT2D eigenvalue weighted by Crippen LogP contribution is 2.37. The van der Waals surface area contributed by atoms with Gasteiger partial charge in [0.1, 0.15) is 0 Å². The highest BCUT2D eigenvalue weighted by atomic mass is 16.3. The molecule has 0 unspecified atom stereocenters. The number of benzene rings is 1. The lowest BCUT2D eigenvalue weighted by molar-refractivity contribution is -0.0103. The molecule has 4 rings (SSSR count). The molecular formula is C21H29N5O. The molecule has 1 spiro atoms. The minimum absolute atomic E-state index is 0.0801. The zero-order chi connectivity index (χ0) is 18.9. The first-order chi connectivity index (χ1) is 13.1. The van der Waals surface area contributed by atoms with Crippen LogP contribution in [0.4, 0.5) is 11.6 Å². The van der Waals surface area contributed by atoms with E-state index in [1.54, 1.807) is 0 Å². The van der Waals surface area contributed by atoms with Crippen LogP contribution in [0.25, 0.3) is 11.3 Å². The molecule has 2 N–H and O–H groups in total. The maximum atomic E-state index is 10.6. The summed E-state index contributed by atoms with van der Waals surface area (Å²) in [6, 6.07) is 10.4. The molecule has 27 heavy (non-hydrogen) atoms. The van der Waals surface area contributed by atoms with Crippen molar-refractivity contribution < 1.29 is 5.11 Å². The molecule has 0 radical (unpaired) electrons. The molecule has 6 heteroatoms. The second-order valence-electron chi connectivity index (χ2n) is 8.05. The smallest absolute Gasteiger partial charge is 0.225 e. The van der Waals surface area contributed by atoms with Crippen LogP contribution in [0.15, 0.2) is 36.5 Å². The van der Waals surface area contributed by atoms with Gasteiger partial charge in [0.2, 0.25) is 5.95 Å². The van der Waals surface area contributed by atoms with Crippen LogP contribution in [0.5, 0.6) is 0 Å². The molecule has 144 valence electrons. The minimum atomic E-state index is -0.247. The van der Waals surface area contributed by atoms with Crippen molar-refractivity contribution in [2.45, 2.75) is 25.4 Å². The third kappa shape index (κ3) is 3.64. The lowest BCUT2D eigenvalue weighted by Crippen LogP contribution is -2.58. The average Bonchev–Trinajstić information content (AvgIpc) is 2.71. The highest BCUT2D eigenvalue weighted by Gasteiger charge is 2.43. The first kappa shape index (κ1) is 18.2. The van der Waals surface area contributed by atoms with E-state index < -0.39 is 0 Å². The summed E-state index contributed by atoms with van der Waals surface area (Å²) in [6.45, 7) is 3.52. The molecule has 2 aliphatic rings. The van der Waals surface area contributed by atoms with Crippen LogP contribution in [-0.4, -0.2) is 61.5 Å². The standard InChI is InChI=1S/C21H29N5O/c1-25(2)17-6-4-16(5-7-17)18-8-12-23-20(24-18)26-13-3-10-21(15-26)14-22-11-9-19(21)27/h4-8,12,19,22,27H,3,9-11,13-15H2,1-2H3/t19-,21-/m0/s1. The van der Waals surface area contributed by atoms with E-state index in [0.29, 0.717) is 0 Å². The van der Waals surface area contributed by atoms with Crippen molar-refractivity contribution in [2.75, 3.05) is 50.1 Å². The van der Waals surface area contributed by atoms with E-state index in [-0.39, 0.29) is 11.5 Å². The quantitative estimate of drug-likeness (QED) is 0.867. The van der Waals surface area contributed by atoms with E-state index >= 15 is 0 Å². The van der Waals surface area contributed by atoms with E-state index in [9.17, 15) is 5.11 Å². The van der Waals surface area contributed by atoms with Crippen molar-refractivity contribution in [2.24, 2.45) is 5.41 Å². The number of aliphatic hydroxyl groups excluding tert-OH is 1. The van der Waals surface area contributed by atoms with E-state index in [2.05, 4.69) is 44.4 Å². The van der Waals surface area contributed by atoms with E-state index in [1.807, 2.05) is 26.4 Å². The van der Waals surface area contributed by atoms with Gasteiger partial charge in [-0.3, -0.25) is 0 Å². The summed E-state index contributed by atoms with van der Waals surface area (Å²) >= 11 is 0. The molecule has 0 amide bonds. The Kier molecular flexibility index (Phi) is 5.02. The van der Waals surface area contributed by atoms with Gasteiger partial charge in [-0.05, 0) is 44.0 Å². The SMILES string of the molecule is CN(C)c1ccc(-c2ccnc(N3CCC[C@]4(CNCC[C@@H]4O)C3)n2)cc1. The largest absolute Gasteiger partial charge is 0.392 e. The summed E-state index contributed by atoms with van der Waals surface area (Å²) in [5.74, 6) is 0.765. The molecule has 0 aliphatic carbocycles. The molecule has 0 bridgehead atoms. The molecule has 1 aromatic heterocycles. The maximum Gasteiger partial charge on any atom is 0.225 e. The van der Waals surface area contributed by atoms with Crippen LogP contribution in [-0.2, 0) is 0 Å². The second-order valence-corrected chi connectivity index (χ2v) is 8.05. The van der Waals surface area contributed by atoms with Gasteiger partial charge in [0.15, 0.2) is 0 Å². The Morgan fingerprint density at radius 1 is 1.22 bits per heavy atom. The van der Waals surface area contributed by atoms with Gasteiger partial charge in [0, 0.05) is 56.6 Å². The third-order valence-electron chi connectivity index (χ3n) is 5.99. The van der Waals surface area contributed by atoms with Crippen molar-refractivity contribution in [3.05, 3.63) is 36.5 Å². The normalized spacial score (nSPS) is 25.6. The zero-order valence-electron chi connectivity index (χ0n) is 16.2. The number of nitrogens with zero attached hydrogens (tertiary/aromatic N) is 4. The predicted molar refractivity (Wildman–Crippen MR) is 109 cm³/mol. The maximum absolute atomic E-state index is 10.6. The van der Waals surface area contributed by atoms with Crippen molar-refractivity contribution in [1.29, 1.82) is 0 Å². The van der Waals surface area contributed by atoms with E-state index in [4.69, 9.17) is 4.98 Å². The van der Waals surface area contributed by atoms with Crippen LogP contribution in [0, 0.1) is 5.41 Å². The molecule has 2 atom stereocenters. The molecule has 3 heterocycles. The van der Waals surface area contributed by atoms with Gasteiger partial charge in [0.25, 0.3) is 0 Å². The number of nitrogens with one attached hydrogen (secondary N) is 1. The summed E-state index contributed by atoms with van der Waals surface area (Å²) in [7, 11) is 4.08. The summed E-state index contributed by atoms with van der Waals surface area (Å²) < 4.78 is 0. The number of piperidine rings is 2. The predicted octanol–water partition coefficient (Wildman–Crippen LogP) is 2.15. The average molecular weight is 367 g/mol. The Morgan fingerprint density at radius 2 is 2.04 bits per heavy atom. The monoisotopic (exact) mass is 367 g/mol. The van der Waals surface area contributed by atoms with Crippen molar-refractivity contribution in [1.82, 2.24) is 15.3 Å². The van der Waals surface area contributed by atoms with Crippen LogP contribution in [0.2, 0.25) is 0 Å². The third-order valence-corrected chi connectivity index (χ3v) is 5.99. The fraction of sp³-hybridized carbons (Fsp3) is 0.524. The number of aromatic nitrogens is 2. The lowest BCUT2D eigenvalue weighted by atomic mass is 9.72. The van der Waals surface area contributed by atoms with Crippen LogP contribution >= 0.6 is 0 Å². The van der Waals surface area contributed by atoms with Gasteiger partial charge < -0.3 is 20.2 Å². The Balaban J connectivity index is 1.57. The highest BCUT2D eigenvalue weighted by molar-refractivity contribution is 5.63. The molecule has 6 nitrogen and oxygen atoms in total. The Labute approximate surface area is 161 Å². The first-order valence-corrected chi connectivity index (χ1v) is 9.82. The van der Waals surface area contributed by atoms with Gasteiger partial charge in [0.05, 0.1) is 11.8 Å². The molecule has 2 aromatic rings. The Bertz CT molecular complexity index is 774. The zero-order valence-corrected chi connectivity index (χ0v) is 16.2. The summed E-state index contributed by atoms with van der Waals surface area (Å²) in [5.41, 5.74) is 3.12. The van der Waals surface area contributed by atoms with Crippen molar-refractivity contribution in [3.8, 4) is 11.3 Å². The number of hydrogen-bond donors (Lipinski definition) is 2. The van der Waals surface area contributed by atoms with Gasteiger partial charge in [-0.15, -0.1) is 0 Å². The molecule has 2 saturated heterocycles. The Morgan fingerprint density at radius 3 is 2.78 bits per heavy atom. The van der Waals surface area contributed by atoms with Crippen molar-refractivity contribution >= 4 is 11.6 Å².